The normalized spacial score (nSPS) is 32.6. The third kappa shape index (κ3) is 3.43. The molecule has 0 aromatic heterocycles. The van der Waals surface area contributed by atoms with Gasteiger partial charge in [-0.3, -0.25) is 0 Å². The van der Waals surface area contributed by atoms with Gasteiger partial charge in [0.05, 0.1) is 0 Å². The van der Waals surface area contributed by atoms with Gasteiger partial charge in [-0.1, -0.05) is 6.92 Å². The van der Waals surface area contributed by atoms with E-state index in [9.17, 15) is 8.42 Å². The summed E-state index contributed by atoms with van der Waals surface area (Å²) in [6.07, 6.45) is 3.88. The summed E-state index contributed by atoms with van der Waals surface area (Å²) in [5.74, 6) is 1.59. The van der Waals surface area contributed by atoms with Gasteiger partial charge in [-0.2, -0.15) is 17.0 Å². The molecule has 19 heavy (non-hydrogen) atoms. The fourth-order valence-corrected chi connectivity index (χ4v) is 5.29. The molecular formula is C13H25ClN2O2S. The van der Waals surface area contributed by atoms with E-state index < -0.39 is 10.2 Å². The SMILES string of the molecule is CC1CCC(C)N(S(=O)(=O)N2CCC(CCl)CC2)C1. The maximum Gasteiger partial charge on any atom is 0.282 e. The summed E-state index contributed by atoms with van der Waals surface area (Å²) >= 11 is 5.85. The summed E-state index contributed by atoms with van der Waals surface area (Å²) in [5, 5.41) is 0. The lowest BCUT2D eigenvalue weighted by atomic mass is 9.97. The molecule has 0 aromatic carbocycles. The maximum absolute atomic E-state index is 12.7. The van der Waals surface area contributed by atoms with Crippen molar-refractivity contribution in [3.8, 4) is 0 Å². The van der Waals surface area contributed by atoms with Crippen LogP contribution in [-0.2, 0) is 10.2 Å². The first-order valence-electron chi connectivity index (χ1n) is 7.28. The summed E-state index contributed by atoms with van der Waals surface area (Å²) in [4.78, 5) is 0. The minimum Gasteiger partial charge on any atom is -0.195 e. The standard InChI is InChI=1S/C13H25ClN2O2S/c1-11-3-4-12(2)16(10-11)19(17,18)15-7-5-13(9-14)6-8-15/h11-13H,3-10H2,1-2H3. The average Bonchev–Trinajstić information content (AvgIpc) is 2.41. The van der Waals surface area contributed by atoms with Crippen molar-refractivity contribution in [1.82, 2.24) is 8.61 Å². The van der Waals surface area contributed by atoms with Gasteiger partial charge >= 0.3 is 0 Å². The minimum absolute atomic E-state index is 0.131. The topological polar surface area (TPSA) is 40.6 Å². The van der Waals surface area contributed by atoms with Gasteiger partial charge < -0.3 is 0 Å². The number of nitrogens with zero attached hydrogens (tertiary/aromatic N) is 2. The predicted molar refractivity (Wildman–Crippen MR) is 78.5 cm³/mol. The van der Waals surface area contributed by atoms with Crippen molar-refractivity contribution in [2.45, 2.75) is 45.6 Å². The fraction of sp³-hybridized carbons (Fsp3) is 1.00. The molecular weight excluding hydrogens is 284 g/mol. The molecule has 2 heterocycles. The highest BCUT2D eigenvalue weighted by Crippen LogP contribution is 2.28. The van der Waals surface area contributed by atoms with Crippen LogP contribution in [0.25, 0.3) is 0 Å². The third-order valence-corrected chi connectivity index (χ3v) is 7.03. The van der Waals surface area contributed by atoms with Crippen LogP contribution in [0.2, 0.25) is 0 Å². The van der Waals surface area contributed by atoms with Gasteiger partial charge in [0.1, 0.15) is 0 Å². The highest BCUT2D eigenvalue weighted by Gasteiger charge is 2.37. The minimum atomic E-state index is -3.28. The van der Waals surface area contributed by atoms with Gasteiger partial charge in [0.2, 0.25) is 0 Å². The van der Waals surface area contributed by atoms with Crippen LogP contribution >= 0.6 is 11.6 Å². The number of rotatable bonds is 3. The summed E-state index contributed by atoms with van der Waals surface area (Å²) in [6, 6.07) is 0.131. The van der Waals surface area contributed by atoms with E-state index in [4.69, 9.17) is 11.6 Å². The molecule has 2 fully saturated rings. The molecule has 0 spiro atoms. The van der Waals surface area contributed by atoms with E-state index in [1.165, 1.54) is 0 Å². The van der Waals surface area contributed by atoms with Crippen molar-refractivity contribution in [2.75, 3.05) is 25.5 Å². The van der Waals surface area contributed by atoms with Crippen LogP contribution in [0, 0.1) is 11.8 Å². The van der Waals surface area contributed by atoms with Crippen LogP contribution in [0.1, 0.15) is 39.5 Å². The lowest BCUT2D eigenvalue weighted by molar-refractivity contribution is 0.192. The Labute approximate surface area is 122 Å². The number of alkyl halides is 1. The molecule has 2 rings (SSSR count). The highest BCUT2D eigenvalue weighted by atomic mass is 35.5. The van der Waals surface area contributed by atoms with E-state index in [0.29, 0.717) is 37.4 Å². The Morgan fingerprint density at radius 1 is 1.11 bits per heavy atom. The number of hydrogen-bond donors (Lipinski definition) is 0. The van der Waals surface area contributed by atoms with E-state index in [2.05, 4.69) is 6.92 Å². The first-order chi connectivity index (χ1) is 8.95. The number of piperidine rings is 2. The lowest BCUT2D eigenvalue weighted by Crippen LogP contribution is -2.53. The second-order valence-electron chi connectivity index (χ2n) is 6.11. The van der Waals surface area contributed by atoms with Crippen molar-refractivity contribution in [2.24, 2.45) is 11.8 Å². The molecule has 6 heteroatoms. The summed E-state index contributed by atoms with van der Waals surface area (Å²) in [7, 11) is -3.28. The molecule has 0 bridgehead atoms. The van der Waals surface area contributed by atoms with Crippen LogP contribution in [0.3, 0.4) is 0 Å². The molecule has 0 radical (unpaired) electrons. The zero-order chi connectivity index (χ0) is 14.0. The van der Waals surface area contributed by atoms with Crippen molar-refractivity contribution in [3.63, 3.8) is 0 Å². The van der Waals surface area contributed by atoms with Gasteiger partial charge in [-0.05, 0) is 44.4 Å². The molecule has 0 N–H and O–H groups in total. The fourth-order valence-electron chi connectivity index (χ4n) is 3.01. The summed E-state index contributed by atoms with van der Waals surface area (Å²) in [5.41, 5.74) is 0. The quantitative estimate of drug-likeness (QED) is 0.751. The highest BCUT2D eigenvalue weighted by molar-refractivity contribution is 7.86. The molecule has 2 aliphatic rings. The van der Waals surface area contributed by atoms with Crippen molar-refractivity contribution in [1.29, 1.82) is 0 Å². The van der Waals surface area contributed by atoms with E-state index in [0.717, 1.165) is 25.7 Å². The second-order valence-corrected chi connectivity index (χ2v) is 8.30. The third-order valence-electron chi connectivity index (χ3n) is 4.47. The van der Waals surface area contributed by atoms with Gasteiger partial charge in [0.15, 0.2) is 0 Å². The van der Waals surface area contributed by atoms with Gasteiger partial charge in [-0.25, -0.2) is 0 Å². The molecule has 112 valence electrons. The zero-order valence-electron chi connectivity index (χ0n) is 11.9. The molecule has 2 unspecified atom stereocenters. The lowest BCUT2D eigenvalue weighted by Gasteiger charge is -2.40. The predicted octanol–water partition coefficient (Wildman–Crippen LogP) is 2.30. The zero-order valence-corrected chi connectivity index (χ0v) is 13.5. The van der Waals surface area contributed by atoms with Crippen LogP contribution in [-0.4, -0.2) is 48.6 Å². The van der Waals surface area contributed by atoms with Crippen LogP contribution < -0.4 is 0 Å². The van der Waals surface area contributed by atoms with Crippen molar-refractivity contribution >= 4 is 21.8 Å². The molecule has 2 aliphatic heterocycles. The summed E-state index contributed by atoms with van der Waals surface area (Å²) < 4.78 is 28.8. The monoisotopic (exact) mass is 308 g/mol. The van der Waals surface area contributed by atoms with Gasteiger partial charge in [-0.15, -0.1) is 11.6 Å². The molecule has 0 aromatic rings. The van der Waals surface area contributed by atoms with E-state index in [1.807, 2.05) is 6.92 Å². The molecule has 0 saturated carbocycles. The maximum atomic E-state index is 12.7. The molecule has 0 amide bonds. The first kappa shape index (κ1) is 15.5. The molecule has 2 atom stereocenters. The van der Waals surface area contributed by atoms with Gasteiger partial charge in [0, 0.05) is 31.6 Å². The number of hydrogen-bond acceptors (Lipinski definition) is 2. The Morgan fingerprint density at radius 2 is 1.74 bits per heavy atom. The van der Waals surface area contributed by atoms with E-state index in [-0.39, 0.29) is 6.04 Å². The Morgan fingerprint density at radius 3 is 2.32 bits per heavy atom. The Bertz CT molecular complexity index is 393. The summed E-state index contributed by atoms with van der Waals surface area (Å²) in [6.45, 7) is 6.07. The van der Waals surface area contributed by atoms with Crippen LogP contribution in [0.15, 0.2) is 0 Å². The van der Waals surface area contributed by atoms with Crippen molar-refractivity contribution < 1.29 is 8.42 Å². The van der Waals surface area contributed by atoms with E-state index >= 15 is 0 Å². The largest absolute Gasteiger partial charge is 0.282 e. The second kappa shape index (κ2) is 6.29. The van der Waals surface area contributed by atoms with Crippen LogP contribution in [0.4, 0.5) is 0 Å². The smallest absolute Gasteiger partial charge is 0.195 e. The number of halogens is 1. The Hall–Kier alpha value is 0.160. The van der Waals surface area contributed by atoms with Crippen molar-refractivity contribution in [3.05, 3.63) is 0 Å². The Balaban J connectivity index is 2.05. The van der Waals surface area contributed by atoms with Crippen LogP contribution in [0.5, 0.6) is 0 Å². The molecule has 0 aliphatic carbocycles. The van der Waals surface area contributed by atoms with E-state index in [1.54, 1.807) is 8.61 Å². The molecule has 2 saturated heterocycles. The average molecular weight is 309 g/mol. The Kier molecular flexibility index (Phi) is 5.15. The first-order valence-corrected chi connectivity index (χ1v) is 9.21. The van der Waals surface area contributed by atoms with Gasteiger partial charge in [0.25, 0.3) is 10.2 Å². The molecule has 4 nitrogen and oxygen atoms in total.